The second-order valence-electron chi connectivity index (χ2n) is 2.43. The van der Waals surface area contributed by atoms with E-state index in [1.54, 1.807) is 12.1 Å². The number of hydrogen-bond donors (Lipinski definition) is 0. The Hall–Kier alpha value is -0.913. The standard InChI is InChI=1S/C9H10O3.Li/c1-7-4-2-3-5-8(7)12-6-9(10)11;/h2-5H,6H2,1H3,(H,10,11);/q;+1/p-1. The van der Waals surface area contributed by atoms with E-state index in [1.807, 2.05) is 19.1 Å². The summed E-state index contributed by atoms with van der Waals surface area (Å²) in [5.41, 5.74) is 0.916. The number of carbonyl (C=O) groups is 1. The zero-order valence-electron chi connectivity index (χ0n) is 7.74. The van der Waals surface area contributed by atoms with E-state index in [0.717, 1.165) is 5.56 Å². The molecule has 0 radical (unpaired) electrons. The van der Waals surface area contributed by atoms with Gasteiger partial charge in [-0.2, -0.15) is 0 Å². The van der Waals surface area contributed by atoms with E-state index in [9.17, 15) is 9.90 Å². The van der Waals surface area contributed by atoms with E-state index < -0.39 is 12.6 Å². The molecule has 0 saturated heterocycles. The van der Waals surface area contributed by atoms with Crippen molar-refractivity contribution in [3.63, 3.8) is 0 Å². The summed E-state index contributed by atoms with van der Waals surface area (Å²) in [4.78, 5) is 10.0. The van der Waals surface area contributed by atoms with Gasteiger partial charge in [0.1, 0.15) is 12.4 Å². The first-order chi connectivity index (χ1) is 5.70. The van der Waals surface area contributed by atoms with Crippen LogP contribution in [-0.4, -0.2) is 12.6 Å². The monoisotopic (exact) mass is 172 g/mol. The average Bonchev–Trinajstić information content (AvgIpc) is 2.03. The number of carbonyl (C=O) groups excluding carboxylic acids is 1. The predicted molar refractivity (Wildman–Crippen MR) is 41.7 cm³/mol. The Morgan fingerprint density at radius 2 is 2.08 bits per heavy atom. The first-order valence-corrected chi connectivity index (χ1v) is 3.58. The zero-order chi connectivity index (χ0) is 8.97. The molecule has 0 fully saturated rings. The number of hydrogen-bond acceptors (Lipinski definition) is 3. The van der Waals surface area contributed by atoms with Crippen molar-refractivity contribution < 1.29 is 33.5 Å². The van der Waals surface area contributed by atoms with E-state index >= 15 is 0 Å². The van der Waals surface area contributed by atoms with Crippen molar-refractivity contribution in [3.05, 3.63) is 29.8 Å². The third-order valence-electron chi connectivity index (χ3n) is 1.44. The first-order valence-electron chi connectivity index (χ1n) is 3.58. The van der Waals surface area contributed by atoms with Crippen LogP contribution in [0, 0.1) is 6.92 Å². The summed E-state index contributed by atoms with van der Waals surface area (Å²) in [5.74, 6) is -0.625. The molecule has 1 aromatic carbocycles. The Kier molecular flexibility index (Phi) is 5.29. The molecule has 0 spiro atoms. The second-order valence-corrected chi connectivity index (χ2v) is 2.43. The Labute approximate surface area is 88.9 Å². The van der Waals surface area contributed by atoms with Crippen molar-refractivity contribution in [2.75, 3.05) is 6.61 Å². The molecule has 0 unspecified atom stereocenters. The number of benzene rings is 1. The molecule has 0 amide bonds. The largest absolute Gasteiger partial charge is 1.00 e. The summed E-state index contributed by atoms with van der Waals surface area (Å²) in [6.07, 6.45) is 0. The minimum absolute atomic E-state index is 0. The molecule has 3 nitrogen and oxygen atoms in total. The summed E-state index contributed by atoms with van der Waals surface area (Å²) in [5, 5.41) is 10.0. The smallest absolute Gasteiger partial charge is 0.546 e. The van der Waals surface area contributed by atoms with Crippen LogP contribution < -0.4 is 28.7 Å². The van der Waals surface area contributed by atoms with Gasteiger partial charge in [0.25, 0.3) is 0 Å². The Bertz CT molecular complexity index is 286. The van der Waals surface area contributed by atoms with E-state index in [2.05, 4.69) is 0 Å². The number of para-hydroxylation sites is 1. The molecule has 0 heterocycles. The molecule has 0 bridgehead atoms. The first kappa shape index (κ1) is 12.1. The SMILES string of the molecule is Cc1ccccc1OCC(=O)[O-].[Li+]. The third kappa shape index (κ3) is 4.02. The zero-order valence-corrected chi connectivity index (χ0v) is 7.74. The molecule has 13 heavy (non-hydrogen) atoms. The van der Waals surface area contributed by atoms with Gasteiger partial charge in [-0.25, -0.2) is 0 Å². The van der Waals surface area contributed by atoms with Crippen molar-refractivity contribution in [1.82, 2.24) is 0 Å². The van der Waals surface area contributed by atoms with Gasteiger partial charge >= 0.3 is 18.9 Å². The molecule has 64 valence electrons. The number of rotatable bonds is 3. The molecule has 0 aromatic heterocycles. The molecule has 0 atom stereocenters. The maximum atomic E-state index is 10.0. The fraction of sp³-hybridized carbons (Fsp3) is 0.222. The number of carboxylic acids is 1. The van der Waals surface area contributed by atoms with Gasteiger partial charge < -0.3 is 14.6 Å². The van der Waals surface area contributed by atoms with Crippen LogP contribution in [0.3, 0.4) is 0 Å². The van der Waals surface area contributed by atoms with Crippen LogP contribution in [0.1, 0.15) is 5.56 Å². The van der Waals surface area contributed by atoms with Crippen molar-refractivity contribution >= 4 is 5.97 Å². The Balaban J connectivity index is 0.00000144. The molecule has 0 saturated carbocycles. The van der Waals surface area contributed by atoms with Gasteiger partial charge in [-0.3, -0.25) is 0 Å². The van der Waals surface area contributed by atoms with E-state index in [0.29, 0.717) is 5.75 Å². The normalized spacial score (nSPS) is 8.69. The van der Waals surface area contributed by atoms with E-state index in [1.165, 1.54) is 0 Å². The topological polar surface area (TPSA) is 49.4 Å². The van der Waals surface area contributed by atoms with Gasteiger partial charge in [-0.1, -0.05) is 18.2 Å². The van der Waals surface area contributed by atoms with Crippen molar-refractivity contribution in [2.24, 2.45) is 0 Å². The molecule has 1 aromatic rings. The quantitative estimate of drug-likeness (QED) is 0.460. The van der Waals surface area contributed by atoms with Crippen molar-refractivity contribution in [1.29, 1.82) is 0 Å². The van der Waals surface area contributed by atoms with Gasteiger partial charge in [0.05, 0.1) is 5.97 Å². The summed E-state index contributed by atoms with van der Waals surface area (Å²) >= 11 is 0. The van der Waals surface area contributed by atoms with Crippen LogP contribution in [0.15, 0.2) is 24.3 Å². The maximum Gasteiger partial charge on any atom is 1.00 e. The van der Waals surface area contributed by atoms with Crippen LogP contribution in [0.4, 0.5) is 0 Å². The van der Waals surface area contributed by atoms with Crippen LogP contribution >= 0.6 is 0 Å². The molecular formula is C9H9LiO3. The van der Waals surface area contributed by atoms with E-state index in [4.69, 9.17) is 4.74 Å². The molecule has 1 rings (SSSR count). The van der Waals surface area contributed by atoms with Gasteiger partial charge in [0, 0.05) is 0 Å². The summed E-state index contributed by atoms with van der Waals surface area (Å²) < 4.78 is 4.94. The Morgan fingerprint density at radius 3 is 2.62 bits per heavy atom. The van der Waals surface area contributed by atoms with Crippen molar-refractivity contribution in [2.45, 2.75) is 6.92 Å². The van der Waals surface area contributed by atoms with E-state index in [-0.39, 0.29) is 18.9 Å². The van der Waals surface area contributed by atoms with Gasteiger partial charge in [-0.15, -0.1) is 0 Å². The maximum absolute atomic E-state index is 10.0. The predicted octanol–water partition coefficient (Wildman–Crippen LogP) is -2.87. The molecule has 4 heteroatoms. The minimum atomic E-state index is -1.21. The molecule has 0 aliphatic rings. The second kappa shape index (κ2) is 5.68. The third-order valence-corrected chi connectivity index (χ3v) is 1.44. The number of ether oxygens (including phenoxy) is 1. The number of carboxylic acid groups (broad SMARTS) is 1. The van der Waals surface area contributed by atoms with Crippen LogP contribution in [0.2, 0.25) is 0 Å². The van der Waals surface area contributed by atoms with Gasteiger partial charge in [-0.05, 0) is 18.6 Å². The summed E-state index contributed by atoms with van der Waals surface area (Å²) in [6.45, 7) is 1.45. The fourth-order valence-corrected chi connectivity index (χ4v) is 0.855. The average molecular weight is 172 g/mol. The molecular weight excluding hydrogens is 163 g/mol. The summed E-state index contributed by atoms with van der Waals surface area (Å²) in [6, 6.07) is 7.22. The summed E-state index contributed by atoms with van der Waals surface area (Å²) in [7, 11) is 0. The molecule has 0 N–H and O–H groups in total. The van der Waals surface area contributed by atoms with Crippen LogP contribution in [0.5, 0.6) is 5.75 Å². The molecule has 0 aliphatic carbocycles. The van der Waals surface area contributed by atoms with Gasteiger partial charge in [0.15, 0.2) is 0 Å². The number of aryl methyl sites for hydroxylation is 1. The van der Waals surface area contributed by atoms with Crippen LogP contribution in [-0.2, 0) is 4.79 Å². The van der Waals surface area contributed by atoms with Crippen LogP contribution in [0.25, 0.3) is 0 Å². The minimum Gasteiger partial charge on any atom is -0.546 e. The molecule has 0 aliphatic heterocycles. The van der Waals surface area contributed by atoms with Crippen molar-refractivity contribution in [3.8, 4) is 5.75 Å². The Morgan fingerprint density at radius 1 is 1.46 bits per heavy atom. The van der Waals surface area contributed by atoms with Gasteiger partial charge in [0.2, 0.25) is 0 Å². The number of aliphatic carboxylic acids is 1. The fourth-order valence-electron chi connectivity index (χ4n) is 0.855.